The van der Waals surface area contributed by atoms with Crippen molar-refractivity contribution in [2.45, 2.75) is 6.10 Å². The molecule has 0 spiro atoms. The summed E-state index contributed by atoms with van der Waals surface area (Å²) in [6, 6.07) is 1.75. The number of hydrogen-bond acceptors (Lipinski definition) is 5. The minimum absolute atomic E-state index is 0. The van der Waals surface area contributed by atoms with E-state index in [9.17, 15) is 4.79 Å². The second kappa shape index (κ2) is 7.44. The van der Waals surface area contributed by atoms with E-state index in [1.165, 1.54) is 11.3 Å². The molecule has 0 aliphatic carbocycles. The van der Waals surface area contributed by atoms with Crippen molar-refractivity contribution in [2.75, 3.05) is 33.4 Å². The van der Waals surface area contributed by atoms with Crippen LogP contribution in [0.5, 0.6) is 5.75 Å². The summed E-state index contributed by atoms with van der Waals surface area (Å²) in [4.78, 5) is 14.7. The van der Waals surface area contributed by atoms with Crippen molar-refractivity contribution in [3.8, 4) is 5.75 Å². The molecule has 8 heteroatoms. The average Bonchev–Trinajstić information content (AvgIpc) is 2.79. The van der Waals surface area contributed by atoms with Crippen LogP contribution in [0.4, 0.5) is 0 Å². The van der Waals surface area contributed by atoms with Crippen LogP contribution < -0.4 is 10.5 Å². The van der Waals surface area contributed by atoms with Crippen molar-refractivity contribution >= 4 is 45.6 Å². The van der Waals surface area contributed by atoms with Crippen LogP contribution >= 0.6 is 39.7 Å². The molecule has 1 fully saturated rings. The Bertz CT molecular complexity index is 444. The molecule has 1 unspecified atom stereocenters. The van der Waals surface area contributed by atoms with Gasteiger partial charge in [0.25, 0.3) is 5.91 Å². The van der Waals surface area contributed by atoms with Gasteiger partial charge in [0, 0.05) is 25.7 Å². The molecule has 1 aliphatic rings. The van der Waals surface area contributed by atoms with Gasteiger partial charge in [-0.3, -0.25) is 4.79 Å². The first kappa shape index (κ1) is 16.7. The highest BCUT2D eigenvalue weighted by molar-refractivity contribution is 9.11. The molecule has 0 radical (unpaired) electrons. The molecule has 2 N–H and O–H groups in total. The molecule has 5 nitrogen and oxygen atoms in total. The zero-order valence-electron chi connectivity index (χ0n) is 10.4. The van der Waals surface area contributed by atoms with Crippen LogP contribution in [-0.4, -0.2) is 50.3 Å². The first-order chi connectivity index (χ1) is 8.65. The number of morpholine rings is 1. The topological polar surface area (TPSA) is 64.8 Å². The first-order valence-electron chi connectivity index (χ1n) is 5.60. The number of amides is 1. The lowest BCUT2D eigenvalue weighted by atomic mass is 10.2. The zero-order chi connectivity index (χ0) is 13.1. The van der Waals surface area contributed by atoms with E-state index in [-0.39, 0.29) is 24.4 Å². The molecule has 1 aliphatic heterocycles. The van der Waals surface area contributed by atoms with E-state index in [0.717, 1.165) is 3.79 Å². The van der Waals surface area contributed by atoms with E-state index in [1.54, 1.807) is 18.1 Å². The van der Waals surface area contributed by atoms with E-state index in [4.69, 9.17) is 15.2 Å². The van der Waals surface area contributed by atoms with Gasteiger partial charge in [-0.25, -0.2) is 0 Å². The Morgan fingerprint density at radius 2 is 2.47 bits per heavy atom. The van der Waals surface area contributed by atoms with E-state index < -0.39 is 0 Å². The predicted octanol–water partition coefficient (Wildman–Crippen LogP) is 1.74. The Morgan fingerprint density at radius 1 is 1.74 bits per heavy atom. The minimum Gasteiger partial charge on any atom is -0.495 e. The number of methoxy groups -OCH3 is 1. The number of ether oxygens (including phenoxy) is 2. The molecule has 1 atom stereocenters. The molecule has 0 saturated carbocycles. The molecule has 19 heavy (non-hydrogen) atoms. The molecular weight excluding hydrogens is 356 g/mol. The number of halogens is 2. The van der Waals surface area contributed by atoms with Crippen LogP contribution in [0.15, 0.2) is 9.85 Å². The van der Waals surface area contributed by atoms with Gasteiger partial charge in [0.05, 0.1) is 24.7 Å². The maximum Gasteiger partial charge on any atom is 0.264 e. The van der Waals surface area contributed by atoms with Crippen molar-refractivity contribution in [2.24, 2.45) is 5.73 Å². The number of carbonyl (C=O) groups excluding carboxylic acids is 1. The highest BCUT2D eigenvalue weighted by Gasteiger charge is 2.26. The lowest BCUT2D eigenvalue weighted by Gasteiger charge is -2.32. The Morgan fingerprint density at radius 3 is 3.05 bits per heavy atom. The Hall–Kier alpha value is -0.340. The molecular formula is C11H16BrClN2O3S. The fourth-order valence-corrected chi connectivity index (χ4v) is 3.42. The quantitative estimate of drug-likeness (QED) is 0.879. The van der Waals surface area contributed by atoms with Crippen molar-refractivity contribution in [3.63, 3.8) is 0 Å². The first-order valence-corrected chi connectivity index (χ1v) is 7.21. The monoisotopic (exact) mass is 370 g/mol. The average molecular weight is 372 g/mol. The number of nitrogens with zero attached hydrogens (tertiary/aromatic N) is 1. The third-order valence-corrected chi connectivity index (χ3v) is 4.54. The Kier molecular flexibility index (Phi) is 6.55. The van der Waals surface area contributed by atoms with Gasteiger partial charge in [-0.15, -0.1) is 23.7 Å². The van der Waals surface area contributed by atoms with E-state index in [2.05, 4.69) is 15.9 Å². The molecule has 2 heterocycles. The number of thiophene rings is 1. The SMILES string of the molecule is COc1cc(C(=O)N2CCOC(CN)C2)sc1Br.Cl. The fourth-order valence-electron chi connectivity index (χ4n) is 1.80. The van der Waals surface area contributed by atoms with Gasteiger partial charge in [-0.05, 0) is 15.9 Å². The third kappa shape index (κ3) is 3.82. The second-order valence-electron chi connectivity index (χ2n) is 3.93. The molecule has 0 aromatic carbocycles. The van der Waals surface area contributed by atoms with E-state index >= 15 is 0 Å². The third-order valence-electron chi connectivity index (χ3n) is 2.78. The zero-order valence-corrected chi connectivity index (χ0v) is 13.6. The summed E-state index contributed by atoms with van der Waals surface area (Å²) in [6.07, 6.45) is -0.0620. The second-order valence-corrected chi connectivity index (χ2v) is 6.30. The van der Waals surface area contributed by atoms with Crippen molar-refractivity contribution in [3.05, 3.63) is 14.7 Å². The van der Waals surface area contributed by atoms with E-state index in [0.29, 0.717) is 36.9 Å². The van der Waals surface area contributed by atoms with E-state index in [1.807, 2.05) is 0 Å². The Balaban J connectivity index is 0.00000180. The number of nitrogens with two attached hydrogens (primary N) is 1. The van der Waals surface area contributed by atoms with Crippen LogP contribution in [0.3, 0.4) is 0 Å². The standard InChI is InChI=1S/C11H15BrN2O3S.ClH/c1-16-8-4-9(18-10(8)12)11(15)14-2-3-17-7(5-13)6-14;/h4,7H,2-3,5-6,13H2,1H3;1H. The summed E-state index contributed by atoms with van der Waals surface area (Å²) in [6.45, 7) is 2.12. The molecule has 108 valence electrons. The van der Waals surface area contributed by atoms with Crippen molar-refractivity contribution < 1.29 is 14.3 Å². The highest BCUT2D eigenvalue weighted by Crippen LogP contribution is 2.35. The minimum atomic E-state index is -0.0620. The van der Waals surface area contributed by atoms with Crippen LogP contribution in [-0.2, 0) is 4.74 Å². The highest BCUT2D eigenvalue weighted by atomic mass is 79.9. The summed E-state index contributed by atoms with van der Waals surface area (Å²) in [5.41, 5.74) is 5.57. The lowest BCUT2D eigenvalue weighted by molar-refractivity contribution is -0.0165. The Labute approximate surface area is 130 Å². The summed E-state index contributed by atoms with van der Waals surface area (Å²) < 4.78 is 11.4. The summed E-state index contributed by atoms with van der Waals surface area (Å²) in [5, 5.41) is 0. The molecule has 1 aromatic rings. The van der Waals surface area contributed by atoms with Gasteiger partial charge in [0.15, 0.2) is 0 Å². The molecule has 1 amide bonds. The summed E-state index contributed by atoms with van der Waals surface area (Å²) >= 11 is 4.75. The predicted molar refractivity (Wildman–Crippen MR) is 80.5 cm³/mol. The normalized spacial score (nSPS) is 18.9. The smallest absolute Gasteiger partial charge is 0.264 e. The van der Waals surface area contributed by atoms with Gasteiger partial charge in [-0.2, -0.15) is 0 Å². The maximum absolute atomic E-state index is 12.3. The van der Waals surface area contributed by atoms with Crippen LogP contribution in [0, 0.1) is 0 Å². The van der Waals surface area contributed by atoms with Gasteiger partial charge < -0.3 is 20.1 Å². The van der Waals surface area contributed by atoms with Crippen molar-refractivity contribution in [1.29, 1.82) is 0 Å². The number of carbonyl (C=O) groups is 1. The maximum atomic E-state index is 12.3. The number of hydrogen-bond donors (Lipinski definition) is 1. The fraction of sp³-hybridized carbons (Fsp3) is 0.545. The van der Waals surface area contributed by atoms with Gasteiger partial charge >= 0.3 is 0 Å². The molecule has 1 aromatic heterocycles. The molecule has 2 rings (SSSR count). The van der Waals surface area contributed by atoms with Gasteiger partial charge in [0.1, 0.15) is 9.54 Å². The van der Waals surface area contributed by atoms with Gasteiger partial charge in [0.2, 0.25) is 0 Å². The van der Waals surface area contributed by atoms with Gasteiger partial charge in [-0.1, -0.05) is 0 Å². The van der Waals surface area contributed by atoms with Crippen LogP contribution in [0.2, 0.25) is 0 Å². The van der Waals surface area contributed by atoms with Crippen LogP contribution in [0.1, 0.15) is 9.67 Å². The molecule has 1 saturated heterocycles. The molecule has 0 bridgehead atoms. The summed E-state index contributed by atoms with van der Waals surface area (Å²) in [7, 11) is 1.58. The lowest BCUT2D eigenvalue weighted by Crippen LogP contribution is -2.48. The largest absolute Gasteiger partial charge is 0.495 e. The number of rotatable bonds is 3. The van der Waals surface area contributed by atoms with Crippen LogP contribution in [0.25, 0.3) is 0 Å². The van der Waals surface area contributed by atoms with Crippen molar-refractivity contribution in [1.82, 2.24) is 4.90 Å². The summed E-state index contributed by atoms with van der Waals surface area (Å²) in [5.74, 6) is 0.692.